The lowest BCUT2D eigenvalue weighted by Crippen LogP contribution is -2.13. The van der Waals surface area contributed by atoms with Gasteiger partial charge in [-0.2, -0.15) is 5.10 Å². The highest BCUT2D eigenvalue weighted by molar-refractivity contribution is 6.32. The lowest BCUT2D eigenvalue weighted by atomic mass is 10.2. The fourth-order valence-corrected chi connectivity index (χ4v) is 2.85. The highest BCUT2D eigenvalue weighted by Crippen LogP contribution is 2.22. The van der Waals surface area contributed by atoms with Crippen LogP contribution in [0.3, 0.4) is 0 Å². The zero-order valence-electron chi connectivity index (χ0n) is 14.7. The fourth-order valence-electron chi connectivity index (χ4n) is 2.54. The molecule has 7 heteroatoms. The van der Waals surface area contributed by atoms with Crippen LogP contribution in [0.25, 0.3) is 0 Å². The first-order valence-corrected chi connectivity index (χ1v) is 8.74. The Kier molecular flexibility index (Phi) is 6.08. The third-order valence-electron chi connectivity index (χ3n) is 3.84. The first kappa shape index (κ1) is 18.9. The number of nitrogens with zero attached hydrogens (tertiary/aromatic N) is 2. The second kappa shape index (κ2) is 8.68. The minimum atomic E-state index is -0.556. The van der Waals surface area contributed by atoms with Crippen LogP contribution in [0.1, 0.15) is 21.6 Å². The highest BCUT2D eigenvalue weighted by atomic mass is 35.5. The maximum Gasteiger partial charge on any atom is 0.343 e. The van der Waals surface area contributed by atoms with Crippen LogP contribution in [0.4, 0.5) is 4.39 Å². The number of benzene rings is 2. The molecule has 0 bridgehead atoms. The summed E-state index contributed by atoms with van der Waals surface area (Å²) in [6.07, 6.45) is 0. The number of hydrogen-bond donors (Lipinski definition) is 0. The molecule has 3 rings (SSSR count). The molecule has 0 fully saturated rings. The number of halogens is 2. The third-order valence-corrected chi connectivity index (χ3v) is 4.23. The summed E-state index contributed by atoms with van der Waals surface area (Å²) in [5.74, 6) is -0.400. The number of ether oxygens (including phenoxy) is 2. The normalized spacial score (nSPS) is 10.6. The van der Waals surface area contributed by atoms with Crippen LogP contribution in [-0.2, 0) is 11.3 Å². The molecule has 0 atom stereocenters. The van der Waals surface area contributed by atoms with E-state index in [1.54, 1.807) is 11.6 Å². The van der Waals surface area contributed by atoms with Crippen LogP contribution in [0.2, 0.25) is 5.15 Å². The SMILES string of the molecule is Cc1nn(Cc2ccccc2)c(Cl)c1C(=O)OCCOc1ccc(F)cc1. The van der Waals surface area contributed by atoms with Crippen LogP contribution in [0.5, 0.6) is 5.75 Å². The van der Waals surface area contributed by atoms with Gasteiger partial charge in [0.15, 0.2) is 0 Å². The Hall–Kier alpha value is -2.86. The van der Waals surface area contributed by atoms with Crippen LogP contribution in [0.15, 0.2) is 54.6 Å². The quantitative estimate of drug-likeness (QED) is 0.448. The van der Waals surface area contributed by atoms with Crippen molar-refractivity contribution < 1.29 is 18.7 Å². The molecule has 0 aliphatic heterocycles. The minimum Gasteiger partial charge on any atom is -0.490 e. The summed E-state index contributed by atoms with van der Waals surface area (Å²) in [7, 11) is 0. The summed E-state index contributed by atoms with van der Waals surface area (Å²) in [4.78, 5) is 12.3. The van der Waals surface area contributed by atoms with E-state index >= 15 is 0 Å². The van der Waals surface area contributed by atoms with E-state index in [9.17, 15) is 9.18 Å². The van der Waals surface area contributed by atoms with E-state index in [4.69, 9.17) is 21.1 Å². The van der Waals surface area contributed by atoms with Gasteiger partial charge in [-0.25, -0.2) is 13.9 Å². The van der Waals surface area contributed by atoms with Gasteiger partial charge in [-0.3, -0.25) is 0 Å². The average Bonchev–Trinajstić information content (AvgIpc) is 2.94. The smallest absolute Gasteiger partial charge is 0.343 e. The highest BCUT2D eigenvalue weighted by Gasteiger charge is 2.21. The maximum atomic E-state index is 12.8. The van der Waals surface area contributed by atoms with Gasteiger partial charge in [-0.05, 0) is 36.8 Å². The van der Waals surface area contributed by atoms with Crippen molar-refractivity contribution in [3.05, 3.63) is 82.4 Å². The van der Waals surface area contributed by atoms with Gasteiger partial charge in [0.25, 0.3) is 0 Å². The van der Waals surface area contributed by atoms with E-state index in [1.165, 1.54) is 24.3 Å². The summed E-state index contributed by atoms with van der Waals surface area (Å²) < 4.78 is 25.0. The minimum absolute atomic E-state index is 0.0375. The van der Waals surface area contributed by atoms with Gasteiger partial charge in [0.05, 0.1) is 12.2 Å². The number of rotatable bonds is 7. The Morgan fingerprint density at radius 2 is 1.81 bits per heavy atom. The number of carbonyl (C=O) groups excluding carboxylic acids is 1. The van der Waals surface area contributed by atoms with Gasteiger partial charge in [0, 0.05) is 0 Å². The summed E-state index contributed by atoms with van der Waals surface area (Å²) in [6.45, 7) is 2.35. The molecule has 0 N–H and O–H groups in total. The van der Waals surface area contributed by atoms with Crippen molar-refractivity contribution in [3.63, 3.8) is 0 Å². The van der Waals surface area contributed by atoms with Crippen molar-refractivity contribution >= 4 is 17.6 Å². The Bertz CT molecular complexity index is 911. The summed E-state index contributed by atoms with van der Waals surface area (Å²) in [5.41, 5.74) is 1.77. The molecule has 0 unspecified atom stereocenters. The van der Waals surface area contributed by atoms with Crippen molar-refractivity contribution in [2.75, 3.05) is 13.2 Å². The van der Waals surface area contributed by atoms with E-state index in [1.807, 2.05) is 30.3 Å². The van der Waals surface area contributed by atoms with Crippen LogP contribution in [-0.4, -0.2) is 29.0 Å². The second-order valence-corrected chi connectivity index (χ2v) is 6.19. The molecular weight excluding hydrogens is 371 g/mol. The molecule has 5 nitrogen and oxygen atoms in total. The molecule has 27 heavy (non-hydrogen) atoms. The van der Waals surface area contributed by atoms with Gasteiger partial charge < -0.3 is 9.47 Å². The van der Waals surface area contributed by atoms with E-state index in [0.29, 0.717) is 18.0 Å². The van der Waals surface area contributed by atoms with Crippen molar-refractivity contribution in [1.82, 2.24) is 9.78 Å². The zero-order chi connectivity index (χ0) is 19.2. The lowest BCUT2D eigenvalue weighted by Gasteiger charge is -2.07. The van der Waals surface area contributed by atoms with Gasteiger partial charge >= 0.3 is 5.97 Å². The van der Waals surface area contributed by atoms with Gasteiger partial charge in [0.2, 0.25) is 0 Å². The first-order valence-electron chi connectivity index (χ1n) is 8.37. The molecule has 0 aliphatic rings. The summed E-state index contributed by atoms with van der Waals surface area (Å²) in [5, 5.41) is 4.56. The van der Waals surface area contributed by atoms with E-state index in [0.717, 1.165) is 5.56 Å². The number of hydrogen-bond acceptors (Lipinski definition) is 4. The molecule has 0 saturated carbocycles. The Balaban J connectivity index is 1.57. The molecule has 1 aromatic heterocycles. The molecule has 0 saturated heterocycles. The van der Waals surface area contributed by atoms with E-state index in [2.05, 4.69) is 5.10 Å². The Morgan fingerprint density at radius 3 is 2.52 bits per heavy atom. The molecule has 0 radical (unpaired) electrons. The van der Waals surface area contributed by atoms with Gasteiger partial charge in [-0.15, -0.1) is 0 Å². The maximum absolute atomic E-state index is 12.8. The van der Waals surface area contributed by atoms with Crippen LogP contribution >= 0.6 is 11.6 Å². The predicted octanol–water partition coefficient (Wildman–Crippen LogP) is 4.27. The molecule has 2 aromatic carbocycles. The standard InChI is InChI=1S/C20H18ClFN2O3/c1-14-18(19(21)24(23-14)13-15-5-3-2-4-6-15)20(25)27-12-11-26-17-9-7-16(22)8-10-17/h2-10H,11-13H2,1H3. The molecule has 0 aliphatic carbocycles. The van der Waals surface area contributed by atoms with Gasteiger partial charge in [0.1, 0.15) is 35.5 Å². The molecule has 1 heterocycles. The third kappa shape index (κ3) is 4.86. The number of carbonyl (C=O) groups is 1. The topological polar surface area (TPSA) is 53.4 Å². The lowest BCUT2D eigenvalue weighted by molar-refractivity contribution is 0.0449. The second-order valence-electron chi connectivity index (χ2n) is 5.83. The molecular formula is C20H18ClFN2O3. The van der Waals surface area contributed by atoms with Crippen molar-refractivity contribution in [2.45, 2.75) is 13.5 Å². The average molecular weight is 389 g/mol. The number of esters is 1. The summed E-state index contributed by atoms with van der Waals surface area (Å²) >= 11 is 6.33. The van der Waals surface area contributed by atoms with E-state index in [-0.39, 0.29) is 29.7 Å². The van der Waals surface area contributed by atoms with Crippen LogP contribution < -0.4 is 4.74 Å². The van der Waals surface area contributed by atoms with Gasteiger partial charge in [-0.1, -0.05) is 41.9 Å². The molecule has 140 valence electrons. The number of aromatic nitrogens is 2. The van der Waals surface area contributed by atoms with Crippen LogP contribution in [0, 0.1) is 12.7 Å². The zero-order valence-corrected chi connectivity index (χ0v) is 15.4. The molecule has 0 spiro atoms. The predicted molar refractivity (Wildman–Crippen MR) is 99.7 cm³/mol. The molecule has 3 aromatic rings. The fraction of sp³-hybridized carbons (Fsp3) is 0.200. The summed E-state index contributed by atoms with van der Waals surface area (Å²) in [6, 6.07) is 15.3. The van der Waals surface area contributed by atoms with Crippen molar-refractivity contribution in [3.8, 4) is 5.75 Å². The van der Waals surface area contributed by atoms with Crippen molar-refractivity contribution in [1.29, 1.82) is 0 Å². The Morgan fingerprint density at radius 1 is 1.11 bits per heavy atom. The van der Waals surface area contributed by atoms with E-state index < -0.39 is 5.97 Å². The largest absolute Gasteiger partial charge is 0.490 e. The first-order chi connectivity index (χ1) is 13.0. The molecule has 0 amide bonds. The number of aryl methyl sites for hydroxylation is 1. The van der Waals surface area contributed by atoms with Crippen molar-refractivity contribution in [2.24, 2.45) is 0 Å². The Labute approximate surface area is 161 Å². The monoisotopic (exact) mass is 388 g/mol.